The molecule has 0 atom stereocenters. The average Bonchev–Trinajstić information content (AvgIpc) is 3.08. The topological polar surface area (TPSA) is 98.0 Å². The third-order valence-corrected chi connectivity index (χ3v) is 5.82. The average molecular weight is 400 g/mol. The number of nitro groups is 1. The van der Waals surface area contributed by atoms with Gasteiger partial charge in [0.1, 0.15) is 5.56 Å². The number of hydrogen-bond acceptors (Lipinski definition) is 7. The number of benzene rings is 2. The van der Waals surface area contributed by atoms with Gasteiger partial charge in [-0.3, -0.25) is 20.2 Å². The summed E-state index contributed by atoms with van der Waals surface area (Å²) in [4.78, 5) is 23.1. The molecule has 3 rings (SSSR count). The molecule has 9 heteroatoms. The number of carbonyl (C=O) groups is 1. The molecule has 1 heterocycles. The van der Waals surface area contributed by atoms with Gasteiger partial charge in [0.2, 0.25) is 5.13 Å². The number of nitro benzene ring substituents is 1. The molecular formula is C18H16N4O3S2. The minimum Gasteiger partial charge on any atom is -0.296 e. The van der Waals surface area contributed by atoms with Gasteiger partial charge in [-0.05, 0) is 25.5 Å². The number of aryl methyl sites for hydroxylation is 2. The molecule has 0 bridgehead atoms. The van der Waals surface area contributed by atoms with Crippen molar-refractivity contribution in [2.75, 3.05) is 5.32 Å². The van der Waals surface area contributed by atoms with Crippen molar-refractivity contribution in [1.82, 2.24) is 10.2 Å². The van der Waals surface area contributed by atoms with Crippen molar-refractivity contribution in [2.24, 2.45) is 0 Å². The minimum atomic E-state index is -0.573. The molecule has 0 saturated heterocycles. The van der Waals surface area contributed by atoms with Gasteiger partial charge in [0.25, 0.3) is 11.6 Å². The van der Waals surface area contributed by atoms with Crippen LogP contribution in [0.3, 0.4) is 0 Å². The molecule has 3 aromatic rings. The van der Waals surface area contributed by atoms with Crippen LogP contribution in [-0.2, 0) is 5.75 Å². The molecule has 0 unspecified atom stereocenters. The van der Waals surface area contributed by atoms with E-state index in [-0.39, 0.29) is 11.3 Å². The van der Waals surface area contributed by atoms with Gasteiger partial charge in [0, 0.05) is 11.3 Å². The molecule has 1 N–H and O–H groups in total. The molecule has 0 radical (unpaired) electrons. The van der Waals surface area contributed by atoms with Crippen molar-refractivity contribution < 1.29 is 9.72 Å². The van der Waals surface area contributed by atoms with Crippen LogP contribution in [0, 0.1) is 24.0 Å². The summed E-state index contributed by atoms with van der Waals surface area (Å²) in [5.41, 5.74) is 2.61. The van der Waals surface area contributed by atoms with Crippen molar-refractivity contribution in [3.63, 3.8) is 0 Å². The largest absolute Gasteiger partial charge is 0.296 e. The molecule has 0 aliphatic rings. The van der Waals surface area contributed by atoms with Crippen LogP contribution in [0.5, 0.6) is 0 Å². The van der Waals surface area contributed by atoms with Gasteiger partial charge in [0.05, 0.1) is 4.92 Å². The Bertz CT molecular complexity index is 987. The Labute approximate surface area is 164 Å². The van der Waals surface area contributed by atoms with Gasteiger partial charge in [-0.2, -0.15) is 0 Å². The first kappa shape index (κ1) is 19.0. The highest BCUT2D eigenvalue weighted by atomic mass is 32.2. The number of nitrogens with one attached hydrogen (secondary N) is 1. The summed E-state index contributed by atoms with van der Waals surface area (Å²) in [6.07, 6.45) is 0. The molecule has 1 amide bonds. The number of hydrogen-bond donors (Lipinski definition) is 1. The Morgan fingerprint density at radius 1 is 1.19 bits per heavy atom. The zero-order valence-corrected chi connectivity index (χ0v) is 16.3. The lowest BCUT2D eigenvalue weighted by Gasteiger charge is -2.04. The monoisotopic (exact) mass is 400 g/mol. The summed E-state index contributed by atoms with van der Waals surface area (Å²) in [6.45, 7) is 3.63. The first-order valence-corrected chi connectivity index (χ1v) is 9.81. The number of para-hydroxylation sites is 1. The van der Waals surface area contributed by atoms with E-state index in [2.05, 4.69) is 39.8 Å². The van der Waals surface area contributed by atoms with E-state index in [1.165, 1.54) is 40.3 Å². The first-order chi connectivity index (χ1) is 12.9. The van der Waals surface area contributed by atoms with Crippen LogP contribution in [0.15, 0.2) is 46.8 Å². The van der Waals surface area contributed by atoms with Crippen LogP contribution in [-0.4, -0.2) is 21.0 Å². The van der Waals surface area contributed by atoms with Crippen LogP contribution in [0.25, 0.3) is 0 Å². The van der Waals surface area contributed by atoms with Crippen molar-refractivity contribution >= 4 is 39.8 Å². The Morgan fingerprint density at radius 2 is 1.93 bits per heavy atom. The second-order valence-corrected chi connectivity index (χ2v) is 8.03. The van der Waals surface area contributed by atoms with E-state index in [0.29, 0.717) is 15.0 Å². The number of rotatable bonds is 6. The van der Waals surface area contributed by atoms with E-state index in [9.17, 15) is 14.9 Å². The molecule has 0 aliphatic carbocycles. The van der Waals surface area contributed by atoms with Crippen LogP contribution >= 0.6 is 23.1 Å². The van der Waals surface area contributed by atoms with E-state index in [0.717, 1.165) is 5.75 Å². The third kappa shape index (κ3) is 4.69. The van der Waals surface area contributed by atoms with E-state index in [1.807, 2.05) is 6.92 Å². The maximum Gasteiger partial charge on any atom is 0.285 e. The highest BCUT2D eigenvalue weighted by Crippen LogP contribution is 2.29. The molecule has 1 aromatic heterocycles. The fourth-order valence-electron chi connectivity index (χ4n) is 2.40. The highest BCUT2D eigenvalue weighted by molar-refractivity contribution is 8.00. The number of carbonyl (C=O) groups excluding carboxylic acids is 1. The molecule has 0 spiro atoms. The van der Waals surface area contributed by atoms with Gasteiger partial charge in [0.15, 0.2) is 4.34 Å². The number of anilines is 1. The van der Waals surface area contributed by atoms with Gasteiger partial charge >= 0.3 is 0 Å². The van der Waals surface area contributed by atoms with Crippen molar-refractivity contribution in [3.8, 4) is 0 Å². The molecule has 2 aromatic carbocycles. The predicted molar refractivity (Wildman–Crippen MR) is 106 cm³/mol. The summed E-state index contributed by atoms with van der Waals surface area (Å²) >= 11 is 2.75. The Morgan fingerprint density at radius 3 is 2.63 bits per heavy atom. The molecule has 7 nitrogen and oxygen atoms in total. The summed E-state index contributed by atoms with van der Waals surface area (Å²) in [7, 11) is 0. The number of thioether (sulfide) groups is 1. The second kappa shape index (κ2) is 8.28. The van der Waals surface area contributed by atoms with Gasteiger partial charge in [-0.1, -0.05) is 65.1 Å². The Hall–Kier alpha value is -2.78. The van der Waals surface area contributed by atoms with Gasteiger partial charge in [-0.25, -0.2) is 0 Å². The zero-order valence-electron chi connectivity index (χ0n) is 14.6. The summed E-state index contributed by atoms with van der Waals surface area (Å²) in [5, 5.41) is 22.1. The maximum atomic E-state index is 12.4. The van der Waals surface area contributed by atoms with Crippen LogP contribution in [0.1, 0.15) is 27.0 Å². The zero-order chi connectivity index (χ0) is 19.4. The van der Waals surface area contributed by atoms with E-state index < -0.39 is 10.8 Å². The molecule has 0 aliphatic heterocycles. The lowest BCUT2D eigenvalue weighted by molar-refractivity contribution is -0.385. The lowest BCUT2D eigenvalue weighted by atomic mass is 10.1. The lowest BCUT2D eigenvalue weighted by Crippen LogP contribution is -2.14. The highest BCUT2D eigenvalue weighted by Gasteiger charge is 2.23. The van der Waals surface area contributed by atoms with Crippen molar-refractivity contribution in [1.29, 1.82) is 0 Å². The summed E-state index contributed by atoms with van der Waals surface area (Å²) < 4.78 is 0.713. The third-order valence-electron chi connectivity index (χ3n) is 3.77. The SMILES string of the molecule is Cc1ccc(CSc2nnc(NC(=O)c3cccc(C)c3[N+](=O)[O-])s2)cc1. The smallest absolute Gasteiger partial charge is 0.285 e. The fraction of sp³-hybridized carbons (Fsp3) is 0.167. The van der Waals surface area contributed by atoms with E-state index in [4.69, 9.17) is 0 Å². The van der Waals surface area contributed by atoms with Crippen LogP contribution < -0.4 is 5.32 Å². The molecule has 27 heavy (non-hydrogen) atoms. The van der Waals surface area contributed by atoms with E-state index >= 15 is 0 Å². The summed E-state index contributed by atoms with van der Waals surface area (Å²) in [6, 6.07) is 12.9. The molecular weight excluding hydrogens is 384 g/mol. The molecule has 0 fully saturated rings. The number of aromatic nitrogens is 2. The van der Waals surface area contributed by atoms with Crippen molar-refractivity contribution in [3.05, 3.63) is 74.8 Å². The second-order valence-electron chi connectivity index (χ2n) is 5.83. The maximum absolute atomic E-state index is 12.4. The quantitative estimate of drug-likeness (QED) is 0.281. The minimum absolute atomic E-state index is 0.00376. The summed E-state index contributed by atoms with van der Waals surface area (Å²) in [5.74, 6) is 0.170. The number of amides is 1. The number of nitrogens with zero attached hydrogens (tertiary/aromatic N) is 3. The van der Waals surface area contributed by atoms with Gasteiger partial charge < -0.3 is 0 Å². The predicted octanol–water partition coefficient (Wildman–Crippen LogP) is 4.61. The Balaban J connectivity index is 1.67. The molecule has 0 saturated carbocycles. The van der Waals surface area contributed by atoms with E-state index in [1.54, 1.807) is 19.1 Å². The fourth-order valence-corrected chi connectivity index (χ4v) is 4.10. The first-order valence-electron chi connectivity index (χ1n) is 8.01. The standard InChI is InChI=1S/C18H16N4O3S2/c1-11-6-8-13(9-7-11)10-26-18-21-20-17(27-18)19-16(23)14-5-3-4-12(2)15(14)22(24)25/h3-9H,10H2,1-2H3,(H,19,20,23). The normalized spacial score (nSPS) is 10.6. The Kier molecular flexibility index (Phi) is 5.82. The van der Waals surface area contributed by atoms with Gasteiger partial charge in [-0.15, -0.1) is 10.2 Å². The molecule has 138 valence electrons. The van der Waals surface area contributed by atoms with Crippen LogP contribution in [0.4, 0.5) is 10.8 Å². The van der Waals surface area contributed by atoms with Crippen LogP contribution in [0.2, 0.25) is 0 Å². The van der Waals surface area contributed by atoms with Crippen molar-refractivity contribution in [2.45, 2.75) is 23.9 Å².